The minimum absolute atomic E-state index is 0.136. The molecule has 0 amide bonds. The van der Waals surface area contributed by atoms with E-state index in [1.807, 2.05) is 91.0 Å². The molecule has 1 heterocycles. The van der Waals surface area contributed by atoms with E-state index in [1.165, 1.54) is 24.8 Å². The predicted octanol–water partition coefficient (Wildman–Crippen LogP) is 6.27. The molecule has 0 aliphatic carbocycles. The summed E-state index contributed by atoms with van der Waals surface area (Å²) in [6.45, 7) is 0. The van der Waals surface area contributed by atoms with Crippen molar-refractivity contribution < 1.29 is 18.3 Å². The summed E-state index contributed by atoms with van der Waals surface area (Å²) in [6, 6.07) is 38.3. The Hall–Kier alpha value is -5.34. The van der Waals surface area contributed by atoms with E-state index in [0.717, 1.165) is 32.9 Å². The smallest absolute Gasteiger partial charge is 0.333 e. The third-order valence-electron chi connectivity index (χ3n) is 8.24. The van der Waals surface area contributed by atoms with Crippen LogP contribution in [-0.2, 0) is 28.5 Å². The number of nitrogens with zero attached hydrogens (tertiary/aromatic N) is 2. The van der Waals surface area contributed by atoms with E-state index in [9.17, 15) is 18.4 Å². The average Bonchev–Trinajstić information content (AvgIpc) is 3.35. The zero-order valence-electron chi connectivity index (χ0n) is 24.8. The predicted molar refractivity (Wildman–Crippen MR) is 170 cm³/mol. The second kappa shape index (κ2) is 12.3. The molecular formula is C37H31F2N3O3. The van der Waals surface area contributed by atoms with Crippen LogP contribution >= 0.6 is 0 Å². The minimum Gasteiger partial charge on any atom is -0.468 e. The molecule has 0 saturated heterocycles. The summed E-state index contributed by atoms with van der Waals surface area (Å²) >= 11 is 0. The summed E-state index contributed by atoms with van der Waals surface area (Å²) in [7, 11) is 2.87. The quantitative estimate of drug-likeness (QED) is 0.156. The summed E-state index contributed by atoms with van der Waals surface area (Å²) in [6.07, 6.45) is 0.245. The second-order valence-electron chi connectivity index (χ2n) is 10.8. The zero-order valence-corrected chi connectivity index (χ0v) is 24.8. The van der Waals surface area contributed by atoms with Crippen LogP contribution in [0.15, 0.2) is 132 Å². The van der Waals surface area contributed by atoms with Crippen molar-refractivity contribution in [2.24, 2.45) is 7.05 Å². The number of esters is 1. The maximum Gasteiger partial charge on any atom is 0.333 e. The Kier molecular flexibility index (Phi) is 8.15. The fourth-order valence-electron chi connectivity index (χ4n) is 6.03. The van der Waals surface area contributed by atoms with Crippen LogP contribution in [-0.4, -0.2) is 28.3 Å². The lowest BCUT2D eigenvalue weighted by molar-refractivity contribution is -0.143. The molecule has 0 saturated carbocycles. The Balaban J connectivity index is 1.42. The van der Waals surface area contributed by atoms with Gasteiger partial charge in [-0.25, -0.2) is 13.6 Å². The number of halogens is 2. The van der Waals surface area contributed by atoms with Gasteiger partial charge in [0.1, 0.15) is 11.6 Å². The molecule has 45 heavy (non-hydrogen) atoms. The third kappa shape index (κ3) is 5.34. The lowest BCUT2D eigenvalue weighted by Gasteiger charge is -2.39. The number of carbonyl (C=O) groups excluding carboxylic acids is 1. The fraction of sp³-hybridized carbons (Fsp3) is 0.135. The Morgan fingerprint density at radius 1 is 0.778 bits per heavy atom. The van der Waals surface area contributed by atoms with Crippen molar-refractivity contribution in [2.45, 2.75) is 18.0 Å². The first-order valence-corrected chi connectivity index (χ1v) is 14.5. The number of benzene rings is 5. The molecule has 226 valence electrons. The Morgan fingerprint density at radius 2 is 1.29 bits per heavy atom. The number of hydrogen-bond donors (Lipinski definition) is 1. The minimum atomic E-state index is -1.09. The first-order valence-electron chi connectivity index (χ1n) is 14.5. The summed E-state index contributed by atoms with van der Waals surface area (Å²) in [4.78, 5) is 26.5. The largest absolute Gasteiger partial charge is 0.468 e. The summed E-state index contributed by atoms with van der Waals surface area (Å²) in [5, 5.41) is 3.69. The van der Waals surface area contributed by atoms with Crippen LogP contribution in [0.25, 0.3) is 16.7 Å². The van der Waals surface area contributed by atoms with Crippen LogP contribution < -0.4 is 11.0 Å². The molecule has 8 heteroatoms. The molecule has 0 aliphatic heterocycles. The molecule has 0 radical (unpaired) electrons. The molecule has 0 bridgehead atoms. The Bertz CT molecular complexity index is 1910. The van der Waals surface area contributed by atoms with Gasteiger partial charge in [-0.1, -0.05) is 103 Å². The topological polar surface area (TPSA) is 65.3 Å². The number of imidazole rings is 1. The Morgan fingerprint density at radius 3 is 1.78 bits per heavy atom. The third-order valence-corrected chi connectivity index (χ3v) is 8.24. The van der Waals surface area contributed by atoms with Crippen LogP contribution in [0.5, 0.6) is 0 Å². The lowest BCUT2D eigenvalue weighted by atomic mass is 9.76. The van der Waals surface area contributed by atoms with Crippen LogP contribution in [0, 0.1) is 11.6 Å². The van der Waals surface area contributed by atoms with Gasteiger partial charge in [0.05, 0.1) is 23.9 Å². The van der Waals surface area contributed by atoms with Gasteiger partial charge < -0.3 is 4.74 Å². The lowest BCUT2D eigenvalue weighted by Crippen LogP contribution is -2.53. The highest BCUT2D eigenvalue weighted by molar-refractivity contribution is 5.79. The molecule has 6 nitrogen and oxygen atoms in total. The zero-order chi connectivity index (χ0) is 31.6. The fourth-order valence-corrected chi connectivity index (χ4v) is 6.03. The molecule has 1 aromatic heterocycles. The van der Waals surface area contributed by atoms with E-state index in [4.69, 9.17) is 4.74 Å². The summed E-state index contributed by atoms with van der Waals surface area (Å²) in [5.41, 5.74) is 2.68. The van der Waals surface area contributed by atoms with Crippen LogP contribution in [0.1, 0.15) is 22.3 Å². The molecule has 0 spiro atoms. The number of rotatable bonds is 9. The first-order chi connectivity index (χ1) is 21.8. The maximum absolute atomic E-state index is 14.9. The number of aromatic nitrogens is 2. The number of carbonyl (C=O) groups is 1. The van der Waals surface area contributed by atoms with Crippen molar-refractivity contribution in [1.29, 1.82) is 0 Å². The summed E-state index contributed by atoms with van der Waals surface area (Å²) < 4.78 is 36.8. The number of methoxy groups -OCH3 is 1. The van der Waals surface area contributed by atoms with Gasteiger partial charge in [-0.3, -0.25) is 19.2 Å². The number of ether oxygens (including phenoxy) is 1. The van der Waals surface area contributed by atoms with Gasteiger partial charge in [-0.05, 0) is 52.9 Å². The van der Waals surface area contributed by atoms with Gasteiger partial charge in [-0.2, -0.15) is 0 Å². The highest BCUT2D eigenvalue weighted by Crippen LogP contribution is 2.37. The number of aryl methyl sites for hydroxylation is 1. The summed E-state index contributed by atoms with van der Waals surface area (Å²) in [5.74, 6) is -2.58. The molecule has 5 aromatic carbocycles. The number of nitrogens with one attached hydrogen (secondary N) is 1. The Labute approximate surface area is 259 Å². The second-order valence-corrected chi connectivity index (χ2v) is 10.8. The SMILES string of the molecule is COC(=O)[C@H](Cc1ccc(-n2c(=O)n(C)c3ccc(F)c(F)c32)cc1)NC(c1ccccc1)(c1ccccc1)c1ccccc1. The maximum atomic E-state index is 14.9. The van der Waals surface area contributed by atoms with Gasteiger partial charge in [0.2, 0.25) is 0 Å². The van der Waals surface area contributed by atoms with Crippen molar-refractivity contribution in [3.63, 3.8) is 0 Å². The van der Waals surface area contributed by atoms with Crippen LogP contribution in [0.3, 0.4) is 0 Å². The monoisotopic (exact) mass is 603 g/mol. The van der Waals surface area contributed by atoms with Crippen LogP contribution in [0.2, 0.25) is 0 Å². The van der Waals surface area contributed by atoms with E-state index in [1.54, 1.807) is 24.3 Å². The van der Waals surface area contributed by atoms with E-state index in [0.29, 0.717) is 5.69 Å². The molecule has 0 fully saturated rings. The highest BCUT2D eigenvalue weighted by atomic mass is 19.2. The molecule has 0 aliphatic rings. The van der Waals surface area contributed by atoms with Crippen molar-refractivity contribution in [1.82, 2.24) is 14.5 Å². The first kappa shape index (κ1) is 29.7. The molecule has 1 atom stereocenters. The standard InChI is InChI=1S/C37H31F2N3O3/c1-41-32-23-22-30(38)33(39)34(32)42(36(41)44)29-20-18-25(19-21-29)24-31(35(43)45-2)40-37(26-12-6-3-7-13-26,27-14-8-4-9-15-27)28-16-10-5-11-17-28/h3-23,31,40H,24H2,1-2H3/t31-/m0/s1. The molecular weight excluding hydrogens is 572 g/mol. The molecule has 0 unspecified atom stereocenters. The average molecular weight is 604 g/mol. The normalized spacial score (nSPS) is 12.3. The van der Waals surface area contributed by atoms with E-state index < -0.39 is 34.9 Å². The van der Waals surface area contributed by atoms with Gasteiger partial charge in [0, 0.05) is 7.05 Å². The van der Waals surface area contributed by atoms with Crippen molar-refractivity contribution >= 4 is 17.0 Å². The highest BCUT2D eigenvalue weighted by Gasteiger charge is 2.40. The van der Waals surface area contributed by atoms with E-state index >= 15 is 0 Å². The van der Waals surface area contributed by atoms with Gasteiger partial charge in [-0.15, -0.1) is 0 Å². The van der Waals surface area contributed by atoms with Crippen molar-refractivity contribution in [3.8, 4) is 5.69 Å². The van der Waals surface area contributed by atoms with Crippen molar-refractivity contribution in [2.75, 3.05) is 7.11 Å². The van der Waals surface area contributed by atoms with Crippen LogP contribution in [0.4, 0.5) is 8.78 Å². The molecule has 6 aromatic rings. The van der Waals surface area contributed by atoms with E-state index in [2.05, 4.69) is 5.32 Å². The van der Waals surface area contributed by atoms with E-state index in [-0.39, 0.29) is 17.5 Å². The van der Waals surface area contributed by atoms with Gasteiger partial charge in [0.25, 0.3) is 0 Å². The number of fused-ring (bicyclic) bond motifs is 1. The van der Waals surface area contributed by atoms with Gasteiger partial charge in [0.15, 0.2) is 11.6 Å². The molecule has 6 rings (SSSR count). The molecule has 1 N–H and O–H groups in total. The number of hydrogen-bond acceptors (Lipinski definition) is 4. The van der Waals surface area contributed by atoms with Gasteiger partial charge >= 0.3 is 11.7 Å². The van der Waals surface area contributed by atoms with Crippen molar-refractivity contribution in [3.05, 3.63) is 172 Å².